The van der Waals surface area contributed by atoms with Gasteiger partial charge in [0.1, 0.15) is 6.61 Å². The largest absolute Gasteiger partial charge is 0.485 e. The third-order valence-corrected chi connectivity index (χ3v) is 1.86. The van der Waals surface area contributed by atoms with Crippen LogP contribution in [0.4, 0.5) is 5.69 Å². The highest BCUT2D eigenvalue weighted by atomic mass is 35.5. The zero-order valence-corrected chi connectivity index (χ0v) is 8.90. The number of benzene rings is 1. The number of nitro benzene ring substituents is 1. The van der Waals surface area contributed by atoms with E-state index in [0.29, 0.717) is 5.02 Å². The summed E-state index contributed by atoms with van der Waals surface area (Å²) in [7, 11) is 0. The molecular weight excluding hydrogens is 220 g/mol. The monoisotopic (exact) mass is 230 g/mol. The van der Waals surface area contributed by atoms with E-state index < -0.39 is 4.92 Å². The Kier molecular flexibility index (Phi) is 3.88. The Morgan fingerprint density at radius 1 is 1.67 bits per heavy atom. The normalized spacial score (nSPS) is 12.2. The SMILES string of the molecule is CC(N)COc1cc(Cl)ccc1[N+](=O)[O-]. The van der Waals surface area contributed by atoms with E-state index in [0.717, 1.165) is 0 Å². The molecular formula is C9H11ClN2O3. The minimum atomic E-state index is -0.521. The predicted molar refractivity (Wildman–Crippen MR) is 57.3 cm³/mol. The van der Waals surface area contributed by atoms with Gasteiger partial charge in [-0.15, -0.1) is 0 Å². The standard InChI is InChI=1S/C9H11ClN2O3/c1-6(11)5-15-9-4-7(10)2-3-8(9)12(13)14/h2-4,6H,5,11H2,1H3. The van der Waals surface area contributed by atoms with Crippen molar-refractivity contribution in [2.24, 2.45) is 5.73 Å². The molecule has 0 aliphatic heterocycles. The lowest BCUT2D eigenvalue weighted by Crippen LogP contribution is -2.23. The first-order valence-electron chi connectivity index (χ1n) is 4.33. The topological polar surface area (TPSA) is 78.4 Å². The van der Waals surface area contributed by atoms with Gasteiger partial charge in [0.15, 0.2) is 5.75 Å². The Labute approximate surface area is 91.9 Å². The van der Waals surface area contributed by atoms with Gasteiger partial charge in [-0.3, -0.25) is 10.1 Å². The number of nitrogens with zero attached hydrogens (tertiary/aromatic N) is 1. The van der Waals surface area contributed by atoms with Gasteiger partial charge < -0.3 is 10.5 Å². The molecule has 82 valence electrons. The summed E-state index contributed by atoms with van der Waals surface area (Å²) in [5, 5.41) is 11.0. The lowest BCUT2D eigenvalue weighted by molar-refractivity contribution is -0.385. The van der Waals surface area contributed by atoms with Crippen molar-refractivity contribution in [2.45, 2.75) is 13.0 Å². The van der Waals surface area contributed by atoms with E-state index in [2.05, 4.69) is 0 Å². The first-order valence-corrected chi connectivity index (χ1v) is 4.71. The zero-order valence-electron chi connectivity index (χ0n) is 8.14. The number of nitrogens with two attached hydrogens (primary N) is 1. The summed E-state index contributed by atoms with van der Waals surface area (Å²) in [6.45, 7) is 1.96. The van der Waals surface area contributed by atoms with E-state index >= 15 is 0 Å². The van der Waals surface area contributed by atoms with Crippen LogP contribution in [0.1, 0.15) is 6.92 Å². The lowest BCUT2D eigenvalue weighted by atomic mass is 10.3. The molecule has 0 amide bonds. The van der Waals surface area contributed by atoms with Gasteiger partial charge in [0, 0.05) is 23.2 Å². The van der Waals surface area contributed by atoms with Crippen LogP contribution in [0.2, 0.25) is 5.02 Å². The molecule has 1 atom stereocenters. The van der Waals surface area contributed by atoms with Crippen molar-refractivity contribution in [3.63, 3.8) is 0 Å². The Bertz CT molecular complexity index is 368. The smallest absolute Gasteiger partial charge is 0.311 e. The molecule has 0 aliphatic carbocycles. The molecule has 0 saturated heterocycles. The number of hydrogen-bond donors (Lipinski definition) is 1. The molecule has 1 aromatic carbocycles. The second-order valence-corrected chi connectivity index (χ2v) is 3.59. The van der Waals surface area contributed by atoms with E-state index in [4.69, 9.17) is 22.1 Å². The number of ether oxygens (including phenoxy) is 1. The lowest BCUT2D eigenvalue weighted by Gasteiger charge is -2.08. The highest BCUT2D eigenvalue weighted by Crippen LogP contribution is 2.29. The molecule has 0 spiro atoms. The van der Waals surface area contributed by atoms with Crippen LogP contribution in [0, 0.1) is 10.1 Å². The van der Waals surface area contributed by atoms with Crippen molar-refractivity contribution in [3.8, 4) is 5.75 Å². The summed E-state index contributed by atoms with van der Waals surface area (Å²) < 4.78 is 5.19. The molecule has 5 nitrogen and oxygen atoms in total. The molecule has 1 aromatic rings. The van der Waals surface area contributed by atoms with Crippen LogP contribution >= 0.6 is 11.6 Å². The van der Waals surface area contributed by atoms with Crippen LogP contribution in [0.5, 0.6) is 5.75 Å². The second-order valence-electron chi connectivity index (χ2n) is 3.16. The maximum Gasteiger partial charge on any atom is 0.311 e. The molecule has 0 bridgehead atoms. The average Bonchev–Trinajstić information content (AvgIpc) is 2.14. The maximum absolute atomic E-state index is 10.6. The molecule has 1 rings (SSSR count). The van der Waals surface area contributed by atoms with Crippen LogP contribution < -0.4 is 10.5 Å². The van der Waals surface area contributed by atoms with E-state index in [1.54, 1.807) is 6.92 Å². The van der Waals surface area contributed by atoms with Crippen LogP contribution in [0.25, 0.3) is 0 Å². The number of rotatable bonds is 4. The van der Waals surface area contributed by atoms with Crippen LogP contribution in [-0.4, -0.2) is 17.6 Å². The molecule has 1 unspecified atom stereocenters. The van der Waals surface area contributed by atoms with Gasteiger partial charge >= 0.3 is 5.69 Å². The number of halogens is 1. The Morgan fingerprint density at radius 2 is 2.33 bits per heavy atom. The fourth-order valence-electron chi connectivity index (χ4n) is 0.976. The minimum Gasteiger partial charge on any atom is -0.485 e. The van der Waals surface area contributed by atoms with Gasteiger partial charge in [-0.05, 0) is 13.0 Å². The van der Waals surface area contributed by atoms with Crippen LogP contribution in [0.15, 0.2) is 18.2 Å². The summed E-state index contributed by atoms with van der Waals surface area (Å²) in [6.07, 6.45) is 0. The van der Waals surface area contributed by atoms with Gasteiger partial charge in [0.25, 0.3) is 0 Å². The molecule has 0 fully saturated rings. The van der Waals surface area contributed by atoms with E-state index in [-0.39, 0.29) is 24.1 Å². The van der Waals surface area contributed by atoms with Crippen molar-refractivity contribution in [1.82, 2.24) is 0 Å². The van der Waals surface area contributed by atoms with Crippen molar-refractivity contribution >= 4 is 17.3 Å². The van der Waals surface area contributed by atoms with Crippen molar-refractivity contribution in [3.05, 3.63) is 33.3 Å². The van der Waals surface area contributed by atoms with Crippen LogP contribution in [0.3, 0.4) is 0 Å². The van der Waals surface area contributed by atoms with Crippen molar-refractivity contribution in [1.29, 1.82) is 0 Å². The fraction of sp³-hybridized carbons (Fsp3) is 0.333. The predicted octanol–water partition coefficient (Wildman–Crippen LogP) is 1.97. The first kappa shape index (κ1) is 11.7. The molecule has 0 aromatic heterocycles. The third-order valence-electron chi connectivity index (χ3n) is 1.62. The first-order chi connectivity index (χ1) is 7.00. The van der Waals surface area contributed by atoms with E-state index in [9.17, 15) is 10.1 Å². The van der Waals surface area contributed by atoms with Crippen LogP contribution in [-0.2, 0) is 0 Å². The van der Waals surface area contributed by atoms with E-state index in [1.807, 2.05) is 0 Å². The summed E-state index contributed by atoms with van der Waals surface area (Å²) in [5.74, 6) is 0.143. The minimum absolute atomic E-state index is 0.111. The zero-order chi connectivity index (χ0) is 11.4. The third kappa shape index (κ3) is 3.38. The summed E-state index contributed by atoms with van der Waals surface area (Å²) in [5.41, 5.74) is 5.37. The molecule has 0 aliphatic rings. The molecule has 2 N–H and O–H groups in total. The molecule has 0 saturated carbocycles. The quantitative estimate of drug-likeness (QED) is 0.634. The van der Waals surface area contributed by atoms with Gasteiger partial charge in [-0.1, -0.05) is 11.6 Å². The highest BCUT2D eigenvalue weighted by molar-refractivity contribution is 6.30. The molecule has 0 radical (unpaired) electrons. The van der Waals surface area contributed by atoms with Crippen molar-refractivity contribution < 1.29 is 9.66 Å². The fourth-order valence-corrected chi connectivity index (χ4v) is 1.14. The Morgan fingerprint density at radius 3 is 2.87 bits per heavy atom. The Balaban J connectivity index is 2.92. The van der Waals surface area contributed by atoms with Gasteiger partial charge in [0.2, 0.25) is 0 Å². The Hall–Kier alpha value is -1.33. The average molecular weight is 231 g/mol. The maximum atomic E-state index is 10.6. The summed E-state index contributed by atoms with van der Waals surface area (Å²) >= 11 is 5.70. The molecule has 6 heteroatoms. The number of hydrogen-bond acceptors (Lipinski definition) is 4. The summed E-state index contributed by atoms with van der Waals surface area (Å²) in [4.78, 5) is 10.1. The van der Waals surface area contributed by atoms with Gasteiger partial charge in [0.05, 0.1) is 4.92 Å². The molecule has 15 heavy (non-hydrogen) atoms. The van der Waals surface area contributed by atoms with Crippen molar-refractivity contribution in [2.75, 3.05) is 6.61 Å². The van der Waals surface area contributed by atoms with Gasteiger partial charge in [-0.2, -0.15) is 0 Å². The highest BCUT2D eigenvalue weighted by Gasteiger charge is 2.15. The number of nitro groups is 1. The van der Waals surface area contributed by atoms with E-state index in [1.165, 1.54) is 18.2 Å². The molecule has 0 heterocycles. The second kappa shape index (κ2) is 4.95. The summed E-state index contributed by atoms with van der Waals surface area (Å²) in [6, 6.07) is 3.96. The van der Waals surface area contributed by atoms with Gasteiger partial charge in [-0.25, -0.2) is 0 Å².